The molecule has 1 N–H and O–H groups in total. The van der Waals surface area contributed by atoms with Gasteiger partial charge < -0.3 is 14.8 Å². The maximum Gasteiger partial charge on any atom is 0.258 e. The third-order valence-corrected chi connectivity index (χ3v) is 3.06. The van der Waals surface area contributed by atoms with Crippen molar-refractivity contribution >= 4 is 5.91 Å². The molecule has 0 saturated heterocycles. The summed E-state index contributed by atoms with van der Waals surface area (Å²) in [5, 5.41) is 2.70. The number of hydrogen-bond acceptors (Lipinski definition) is 3. The van der Waals surface area contributed by atoms with Gasteiger partial charge in [0.15, 0.2) is 6.61 Å². The van der Waals surface area contributed by atoms with Crippen molar-refractivity contribution in [2.45, 2.75) is 26.2 Å². The second-order valence-electron chi connectivity index (χ2n) is 4.51. The Hall–Kier alpha value is -1.55. The van der Waals surface area contributed by atoms with Gasteiger partial charge in [0.25, 0.3) is 5.91 Å². The summed E-state index contributed by atoms with van der Waals surface area (Å²) in [6.07, 6.45) is 1.11. The summed E-state index contributed by atoms with van der Waals surface area (Å²) < 4.78 is 10.3. The minimum atomic E-state index is -0.136. The normalized spacial score (nSPS) is 11.9. The smallest absolute Gasteiger partial charge is 0.258 e. The molecule has 1 amide bonds. The van der Waals surface area contributed by atoms with Crippen LogP contribution in [0, 0.1) is 0 Å². The number of methoxy groups -OCH3 is 1. The quantitative estimate of drug-likeness (QED) is 0.734. The fraction of sp³-hybridized carbons (Fsp3) is 0.533. The molecule has 0 fully saturated rings. The minimum absolute atomic E-state index is 0.0341. The highest BCUT2D eigenvalue weighted by Crippen LogP contribution is 2.21. The first kappa shape index (κ1) is 15.5. The van der Waals surface area contributed by atoms with Gasteiger partial charge in [0.05, 0.1) is 6.61 Å². The second-order valence-corrected chi connectivity index (χ2v) is 4.51. The number of carbonyl (C=O) groups excluding carboxylic acids is 1. The van der Waals surface area contributed by atoms with Crippen molar-refractivity contribution in [1.82, 2.24) is 5.32 Å². The third-order valence-electron chi connectivity index (χ3n) is 3.06. The van der Waals surface area contributed by atoms with Crippen molar-refractivity contribution in [2.75, 3.05) is 26.9 Å². The SMILES string of the molecule is CCC(C)c1ccc(OCC(=O)NCCOC)cc1. The van der Waals surface area contributed by atoms with Crippen LogP contribution in [0.1, 0.15) is 31.7 Å². The topological polar surface area (TPSA) is 47.6 Å². The Bertz CT molecular complexity index is 375. The number of nitrogens with one attached hydrogen (secondary N) is 1. The van der Waals surface area contributed by atoms with Gasteiger partial charge in [0.1, 0.15) is 5.75 Å². The van der Waals surface area contributed by atoms with Crippen LogP contribution in [0.4, 0.5) is 0 Å². The molecule has 0 bridgehead atoms. The summed E-state index contributed by atoms with van der Waals surface area (Å²) in [5.41, 5.74) is 1.29. The monoisotopic (exact) mass is 265 g/mol. The van der Waals surface area contributed by atoms with E-state index in [2.05, 4.69) is 19.2 Å². The molecule has 0 radical (unpaired) electrons. The van der Waals surface area contributed by atoms with Crippen molar-refractivity contribution in [2.24, 2.45) is 0 Å². The van der Waals surface area contributed by atoms with Crippen molar-refractivity contribution in [3.8, 4) is 5.75 Å². The lowest BCUT2D eigenvalue weighted by molar-refractivity contribution is -0.123. The van der Waals surface area contributed by atoms with Gasteiger partial charge in [-0.25, -0.2) is 0 Å². The fourth-order valence-electron chi connectivity index (χ4n) is 1.62. The number of rotatable bonds is 8. The van der Waals surface area contributed by atoms with Gasteiger partial charge in [-0.05, 0) is 30.0 Å². The van der Waals surface area contributed by atoms with Gasteiger partial charge in [-0.1, -0.05) is 26.0 Å². The molecule has 1 unspecified atom stereocenters. The summed E-state index contributed by atoms with van der Waals surface area (Å²) in [7, 11) is 1.60. The lowest BCUT2D eigenvalue weighted by atomic mass is 9.99. The molecule has 0 aliphatic rings. The van der Waals surface area contributed by atoms with Crippen molar-refractivity contribution in [1.29, 1.82) is 0 Å². The predicted octanol–water partition coefficient (Wildman–Crippen LogP) is 2.34. The molecule has 1 aromatic rings. The van der Waals surface area contributed by atoms with Gasteiger partial charge in [0.2, 0.25) is 0 Å². The van der Waals surface area contributed by atoms with Crippen LogP contribution < -0.4 is 10.1 Å². The molecule has 0 aliphatic carbocycles. The Morgan fingerprint density at radius 2 is 2.00 bits per heavy atom. The molecular formula is C15H23NO3. The molecule has 4 heteroatoms. The lowest BCUT2D eigenvalue weighted by Crippen LogP contribution is -2.31. The van der Waals surface area contributed by atoms with E-state index in [0.717, 1.165) is 6.42 Å². The Morgan fingerprint density at radius 3 is 2.58 bits per heavy atom. The van der Waals surface area contributed by atoms with Crippen molar-refractivity contribution in [3.63, 3.8) is 0 Å². The molecule has 1 aromatic carbocycles. The van der Waals surface area contributed by atoms with Gasteiger partial charge in [-0.2, -0.15) is 0 Å². The summed E-state index contributed by atoms with van der Waals surface area (Å²) in [6, 6.07) is 7.91. The zero-order valence-corrected chi connectivity index (χ0v) is 11.9. The number of benzene rings is 1. The van der Waals surface area contributed by atoms with E-state index >= 15 is 0 Å². The molecule has 106 valence electrons. The lowest BCUT2D eigenvalue weighted by Gasteiger charge is -2.10. The van der Waals surface area contributed by atoms with E-state index in [1.54, 1.807) is 7.11 Å². The largest absolute Gasteiger partial charge is 0.484 e. The summed E-state index contributed by atoms with van der Waals surface area (Å²) in [5.74, 6) is 1.13. The zero-order chi connectivity index (χ0) is 14.1. The standard InChI is InChI=1S/C15H23NO3/c1-4-12(2)13-5-7-14(8-6-13)19-11-15(17)16-9-10-18-3/h5-8,12H,4,9-11H2,1-3H3,(H,16,17). The number of hydrogen-bond donors (Lipinski definition) is 1. The maximum atomic E-state index is 11.4. The third kappa shape index (κ3) is 5.75. The first-order valence-electron chi connectivity index (χ1n) is 6.65. The molecule has 0 spiro atoms. The van der Waals surface area contributed by atoms with Crippen LogP contribution in [-0.2, 0) is 9.53 Å². The Morgan fingerprint density at radius 1 is 1.32 bits per heavy atom. The summed E-state index contributed by atoms with van der Waals surface area (Å²) in [4.78, 5) is 11.4. The predicted molar refractivity (Wildman–Crippen MR) is 75.5 cm³/mol. The molecule has 0 saturated carbocycles. The number of ether oxygens (including phenoxy) is 2. The van der Waals surface area contributed by atoms with Crippen LogP contribution in [0.5, 0.6) is 5.75 Å². The molecule has 1 atom stereocenters. The highest BCUT2D eigenvalue weighted by atomic mass is 16.5. The second kappa shape index (κ2) is 8.53. The van der Waals surface area contributed by atoms with Gasteiger partial charge in [-0.15, -0.1) is 0 Å². The molecule has 0 heterocycles. The molecule has 0 aromatic heterocycles. The van der Waals surface area contributed by atoms with Crippen molar-refractivity contribution < 1.29 is 14.3 Å². The average Bonchev–Trinajstić information content (AvgIpc) is 2.45. The number of carbonyl (C=O) groups is 1. The van der Waals surface area contributed by atoms with E-state index < -0.39 is 0 Å². The fourth-order valence-corrected chi connectivity index (χ4v) is 1.62. The van der Waals surface area contributed by atoms with Crippen LogP contribution in [0.2, 0.25) is 0 Å². The highest BCUT2D eigenvalue weighted by Gasteiger charge is 2.04. The molecular weight excluding hydrogens is 242 g/mol. The van der Waals surface area contributed by atoms with Gasteiger partial charge in [-0.3, -0.25) is 4.79 Å². The van der Waals surface area contributed by atoms with Gasteiger partial charge >= 0.3 is 0 Å². The maximum absolute atomic E-state index is 11.4. The average molecular weight is 265 g/mol. The van der Waals surface area contributed by atoms with Crippen molar-refractivity contribution in [3.05, 3.63) is 29.8 Å². The molecule has 4 nitrogen and oxygen atoms in total. The van der Waals surface area contributed by atoms with Crippen LogP contribution in [0.15, 0.2) is 24.3 Å². The number of amides is 1. The minimum Gasteiger partial charge on any atom is -0.484 e. The van der Waals surface area contributed by atoms with E-state index in [1.165, 1.54) is 5.56 Å². The van der Waals surface area contributed by atoms with Crippen LogP contribution in [0.25, 0.3) is 0 Å². The first-order valence-corrected chi connectivity index (χ1v) is 6.65. The molecule has 19 heavy (non-hydrogen) atoms. The van der Waals surface area contributed by atoms with E-state index in [-0.39, 0.29) is 12.5 Å². The Kier molecular flexibility index (Phi) is 6.97. The zero-order valence-electron chi connectivity index (χ0n) is 11.9. The van der Waals surface area contributed by atoms with Crippen LogP contribution in [0.3, 0.4) is 0 Å². The molecule has 1 rings (SSSR count). The van der Waals surface area contributed by atoms with E-state index in [1.807, 2.05) is 24.3 Å². The van der Waals surface area contributed by atoms with Crippen LogP contribution in [-0.4, -0.2) is 32.8 Å². The van der Waals surface area contributed by atoms with E-state index in [0.29, 0.717) is 24.8 Å². The van der Waals surface area contributed by atoms with E-state index in [9.17, 15) is 4.79 Å². The summed E-state index contributed by atoms with van der Waals surface area (Å²) in [6.45, 7) is 5.41. The highest BCUT2D eigenvalue weighted by molar-refractivity contribution is 5.77. The van der Waals surface area contributed by atoms with E-state index in [4.69, 9.17) is 9.47 Å². The Labute approximate surface area is 115 Å². The van der Waals surface area contributed by atoms with Gasteiger partial charge in [0, 0.05) is 13.7 Å². The Balaban J connectivity index is 2.35. The van der Waals surface area contributed by atoms with Crippen LogP contribution >= 0.6 is 0 Å². The molecule has 0 aliphatic heterocycles. The summed E-state index contributed by atoms with van der Waals surface area (Å²) >= 11 is 0. The first-order chi connectivity index (χ1) is 9.17.